The van der Waals surface area contributed by atoms with Gasteiger partial charge in [0, 0.05) is 24.2 Å². The third-order valence-corrected chi connectivity index (χ3v) is 2.80. The van der Waals surface area contributed by atoms with Crippen molar-refractivity contribution >= 4 is 0 Å². The van der Waals surface area contributed by atoms with Gasteiger partial charge in [0.1, 0.15) is 6.61 Å². The molecule has 1 aromatic carbocycles. The largest absolute Gasteiger partial charge is 0.459 e. The molecule has 2 aromatic heterocycles. The second-order valence-corrected chi connectivity index (χ2v) is 4.24. The lowest BCUT2D eigenvalue weighted by Crippen LogP contribution is -1.99. The highest BCUT2D eigenvalue weighted by molar-refractivity contribution is 5.56. The Kier molecular flexibility index (Phi) is 3.64. The van der Waals surface area contributed by atoms with E-state index in [1.807, 2.05) is 48.5 Å². The molecule has 0 spiro atoms. The van der Waals surface area contributed by atoms with Crippen LogP contribution in [0.3, 0.4) is 0 Å². The molecule has 0 fully saturated rings. The first-order valence-corrected chi connectivity index (χ1v) is 6.32. The highest BCUT2D eigenvalue weighted by Gasteiger charge is 2.02. The van der Waals surface area contributed by atoms with Crippen LogP contribution in [0, 0.1) is 0 Å². The predicted molar refractivity (Wildman–Crippen MR) is 76.0 cm³/mol. The van der Waals surface area contributed by atoms with E-state index in [4.69, 9.17) is 4.74 Å². The van der Waals surface area contributed by atoms with Crippen molar-refractivity contribution in [3.8, 4) is 17.3 Å². The molecule has 0 amide bonds. The number of pyridine rings is 1. The molecule has 0 unspecified atom stereocenters. The number of aromatic nitrogens is 3. The van der Waals surface area contributed by atoms with Gasteiger partial charge < -0.3 is 4.74 Å². The number of nitrogens with zero attached hydrogens (tertiary/aromatic N) is 3. The zero-order chi connectivity index (χ0) is 13.6. The number of hydrogen-bond acceptors (Lipinski definition) is 4. The average Bonchev–Trinajstić information content (AvgIpc) is 2.55. The van der Waals surface area contributed by atoms with E-state index >= 15 is 0 Å². The van der Waals surface area contributed by atoms with Crippen LogP contribution >= 0.6 is 0 Å². The van der Waals surface area contributed by atoms with Crippen molar-refractivity contribution in [3.63, 3.8) is 0 Å². The van der Waals surface area contributed by atoms with E-state index in [0.29, 0.717) is 12.6 Å². The lowest BCUT2D eigenvalue weighted by molar-refractivity contribution is 0.281. The SMILES string of the molecule is c1ccc(COc2ncc(-c3ccccn3)cn2)cc1. The molecule has 98 valence electrons. The van der Waals surface area contributed by atoms with E-state index in [0.717, 1.165) is 16.8 Å². The molecule has 0 N–H and O–H groups in total. The molecule has 0 saturated carbocycles. The normalized spacial score (nSPS) is 10.2. The summed E-state index contributed by atoms with van der Waals surface area (Å²) >= 11 is 0. The Morgan fingerprint density at radius 2 is 1.55 bits per heavy atom. The summed E-state index contributed by atoms with van der Waals surface area (Å²) in [6, 6.07) is 16.0. The molecule has 0 atom stereocenters. The zero-order valence-electron chi connectivity index (χ0n) is 10.8. The molecule has 4 heteroatoms. The van der Waals surface area contributed by atoms with Gasteiger partial charge in [-0.1, -0.05) is 36.4 Å². The third kappa shape index (κ3) is 2.98. The maximum Gasteiger partial charge on any atom is 0.316 e. The van der Waals surface area contributed by atoms with E-state index in [1.54, 1.807) is 18.6 Å². The van der Waals surface area contributed by atoms with Gasteiger partial charge in [-0.2, -0.15) is 0 Å². The van der Waals surface area contributed by atoms with Gasteiger partial charge in [-0.25, -0.2) is 9.97 Å². The molecule has 0 bridgehead atoms. The molecular formula is C16H13N3O. The summed E-state index contributed by atoms with van der Waals surface area (Å²) in [6.45, 7) is 0.462. The van der Waals surface area contributed by atoms with E-state index in [-0.39, 0.29) is 0 Å². The van der Waals surface area contributed by atoms with Gasteiger partial charge in [0.25, 0.3) is 0 Å². The quantitative estimate of drug-likeness (QED) is 0.725. The standard InChI is InChI=1S/C16H13N3O/c1-2-6-13(7-3-1)12-20-16-18-10-14(11-19-16)15-8-4-5-9-17-15/h1-11H,12H2. The minimum absolute atomic E-state index is 0.369. The van der Waals surface area contributed by atoms with Crippen molar-refractivity contribution < 1.29 is 4.74 Å². The molecule has 20 heavy (non-hydrogen) atoms. The molecule has 2 heterocycles. The maximum atomic E-state index is 5.54. The smallest absolute Gasteiger partial charge is 0.316 e. The highest BCUT2D eigenvalue weighted by atomic mass is 16.5. The Morgan fingerprint density at radius 3 is 2.25 bits per heavy atom. The van der Waals surface area contributed by atoms with Gasteiger partial charge in [0.2, 0.25) is 0 Å². The number of benzene rings is 1. The minimum atomic E-state index is 0.369. The zero-order valence-corrected chi connectivity index (χ0v) is 10.8. The summed E-state index contributed by atoms with van der Waals surface area (Å²) in [5.41, 5.74) is 2.81. The van der Waals surface area contributed by atoms with E-state index in [2.05, 4.69) is 15.0 Å². The van der Waals surface area contributed by atoms with Crippen LogP contribution in [0.2, 0.25) is 0 Å². The van der Waals surface area contributed by atoms with Gasteiger partial charge in [0.05, 0.1) is 5.69 Å². The Morgan fingerprint density at radius 1 is 0.800 bits per heavy atom. The van der Waals surface area contributed by atoms with Gasteiger partial charge >= 0.3 is 6.01 Å². The first kappa shape index (κ1) is 12.3. The van der Waals surface area contributed by atoms with E-state index in [1.165, 1.54) is 0 Å². The summed E-state index contributed by atoms with van der Waals surface area (Å²) in [5.74, 6) is 0. The summed E-state index contributed by atoms with van der Waals surface area (Å²) in [5, 5.41) is 0. The second kappa shape index (κ2) is 5.93. The number of rotatable bonds is 4. The number of ether oxygens (including phenoxy) is 1. The fraction of sp³-hybridized carbons (Fsp3) is 0.0625. The van der Waals surface area contributed by atoms with Crippen LogP contribution in [0.15, 0.2) is 67.1 Å². The van der Waals surface area contributed by atoms with Crippen molar-refractivity contribution in [1.82, 2.24) is 15.0 Å². The highest BCUT2D eigenvalue weighted by Crippen LogP contribution is 2.15. The lowest BCUT2D eigenvalue weighted by Gasteiger charge is -2.05. The predicted octanol–water partition coefficient (Wildman–Crippen LogP) is 3.12. The fourth-order valence-corrected chi connectivity index (χ4v) is 1.78. The Bertz CT molecular complexity index is 654. The van der Waals surface area contributed by atoms with E-state index < -0.39 is 0 Å². The molecule has 3 aromatic rings. The van der Waals surface area contributed by atoms with Crippen molar-refractivity contribution in [2.45, 2.75) is 6.61 Å². The maximum absolute atomic E-state index is 5.54. The topological polar surface area (TPSA) is 47.9 Å². The summed E-state index contributed by atoms with van der Waals surface area (Å²) in [6.07, 6.45) is 5.18. The van der Waals surface area contributed by atoms with Gasteiger partial charge in [-0.05, 0) is 17.7 Å². The van der Waals surface area contributed by atoms with Crippen LogP contribution in [-0.2, 0) is 6.61 Å². The van der Waals surface area contributed by atoms with E-state index in [9.17, 15) is 0 Å². The van der Waals surface area contributed by atoms with Crippen molar-refractivity contribution in [3.05, 3.63) is 72.7 Å². The molecule has 3 rings (SSSR count). The molecular weight excluding hydrogens is 250 g/mol. The van der Waals surface area contributed by atoms with Gasteiger partial charge in [0.15, 0.2) is 0 Å². The Labute approximate surface area is 117 Å². The van der Waals surface area contributed by atoms with Crippen LogP contribution in [0.1, 0.15) is 5.56 Å². The third-order valence-electron chi connectivity index (χ3n) is 2.80. The van der Waals surface area contributed by atoms with Crippen molar-refractivity contribution in [2.75, 3.05) is 0 Å². The molecule has 0 aliphatic carbocycles. The summed E-state index contributed by atoms with van der Waals surface area (Å²) in [7, 11) is 0. The van der Waals surface area contributed by atoms with Gasteiger partial charge in [-0.3, -0.25) is 4.98 Å². The lowest BCUT2D eigenvalue weighted by atomic mass is 10.2. The second-order valence-electron chi connectivity index (χ2n) is 4.24. The molecule has 0 radical (unpaired) electrons. The average molecular weight is 263 g/mol. The first-order valence-electron chi connectivity index (χ1n) is 6.32. The Balaban J connectivity index is 1.68. The molecule has 0 aliphatic heterocycles. The fourth-order valence-electron chi connectivity index (χ4n) is 1.78. The van der Waals surface area contributed by atoms with Crippen LogP contribution in [0.4, 0.5) is 0 Å². The molecule has 0 aliphatic rings. The van der Waals surface area contributed by atoms with Crippen LogP contribution in [0.25, 0.3) is 11.3 Å². The summed E-state index contributed by atoms with van der Waals surface area (Å²) in [4.78, 5) is 12.6. The monoisotopic (exact) mass is 263 g/mol. The summed E-state index contributed by atoms with van der Waals surface area (Å²) < 4.78 is 5.54. The van der Waals surface area contributed by atoms with Crippen LogP contribution in [-0.4, -0.2) is 15.0 Å². The number of hydrogen-bond donors (Lipinski definition) is 0. The van der Waals surface area contributed by atoms with Crippen molar-refractivity contribution in [1.29, 1.82) is 0 Å². The van der Waals surface area contributed by atoms with Crippen LogP contribution in [0.5, 0.6) is 6.01 Å². The Hall–Kier alpha value is -2.75. The molecule has 4 nitrogen and oxygen atoms in total. The van der Waals surface area contributed by atoms with Crippen molar-refractivity contribution in [2.24, 2.45) is 0 Å². The molecule has 0 saturated heterocycles. The van der Waals surface area contributed by atoms with Gasteiger partial charge in [-0.15, -0.1) is 0 Å². The minimum Gasteiger partial charge on any atom is -0.459 e. The first-order chi connectivity index (χ1) is 9.92. The van der Waals surface area contributed by atoms with Crippen LogP contribution < -0.4 is 4.74 Å².